The molecule has 0 atom stereocenters. The molecule has 0 radical (unpaired) electrons. The highest BCUT2D eigenvalue weighted by atomic mass is 16.5. The fourth-order valence-corrected chi connectivity index (χ4v) is 1.83. The maximum atomic E-state index is 5.83. The smallest absolute Gasteiger partial charge is 0.226 e. The Bertz CT molecular complexity index is 570. The Morgan fingerprint density at radius 2 is 1.95 bits per heavy atom. The molecule has 0 unspecified atom stereocenters. The molecule has 0 amide bonds. The summed E-state index contributed by atoms with van der Waals surface area (Å²) in [4.78, 5) is 8.57. The van der Waals surface area contributed by atoms with Crippen LogP contribution in [0.2, 0.25) is 0 Å². The molecule has 112 valence electrons. The Balaban J connectivity index is 2.08. The Labute approximate surface area is 125 Å². The van der Waals surface area contributed by atoms with Crippen LogP contribution in [0.1, 0.15) is 18.1 Å². The summed E-state index contributed by atoms with van der Waals surface area (Å²) in [7, 11) is 1.71. The Morgan fingerprint density at radius 3 is 2.62 bits per heavy atom. The third-order valence-electron chi connectivity index (χ3n) is 2.99. The van der Waals surface area contributed by atoms with E-state index in [9.17, 15) is 0 Å². The molecule has 0 aliphatic heterocycles. The maximum absolute atomic E-state index is 5.83. The van der Waals surface area contributed by atoms with E-state index >= 15 is 0 Å². The van der Waals surface area contributed by atoms with Crippen LogP contribution in [0.4, 0.5) is 5.95 Å². The molecule has 0 aliphatic carbocycles. The second-order valence-corrected chi connectivity index (χ2v) is 4.70. The highest BCUT2D eigenvalue weighted by molar-refractivity contribution is 5.36. The van der Waals surface area contributed by atoms with Crippen molar-refractivity contribution in [2.45, 2.75) is 20.3 Å². The normalized spacial score (nSPS) is 10.4. The Kier molecular flexibility index (Phi) is 5.51. The molecule has 2 rings (SSSR count). The van der Waals surface area contributed by atoms with Gasteiger partial charge in [-0.3, -0.25) is 0 Å². The van der Waals surface area contributed by atoms with Gasteiger partial charge in [-0.05, 0) is 38.0 Å². The summed E-state index contributed by atoms with van der Waals surface area (Å²) in [5, 5.41) is 3.08. The third-order valence-corrected chi connectivity index (χ3v) is 2.99. The zero-order valence-electron chi connectivity index (χ0n) is 12.7. The lowest BCUT2D eigenvalue weighted by molar-refractivity contribution is 0.202. The third kappa shape index (κ3) is 4.43. The molecule has 0 bridgehead atoms. The van der Waals surface area contributed by atoms with E-state index in [-0.39, 0.29) is 0 Å². The summed E-state index contributed by atoms with van der Waals surface area (Å²) >= 11 is 0. The number of hydrogen-bond acceptors (Lipinski definition) is 5. The molecule has 0 saturated carbocycles. The van der Waals surface area contributed by atoms with Gasteiger partial charge >= 0.3 is 0 Å². The maximum Gasteiger partial charge on any atom is 0.226 e. The quantitative estimate of drug-likeness (QED) is 0.847. The molecular formula is C16H21N3O2. The van der Waals surface area contributed by atoms with Crippen molar-refractivity contribution in [1.82, 2.24) is 9.97 Å². The van der Waals surface area contributed by atoms with Crippen molar-refractivity contribution >= 4 is 5.95 Å². The first-order valence-corrected chi connectivity index (χ1v) is 7.06. The molecule has 1 N–H and O–H groups in total. The highest BCUT2D eigenvalue weighted by Gasteiger charge is 2.06. The minimum atomic E-state index is 0.575. The van der Waals surface area contributed by atoms with E-state index in [2.05, 4.69) is 15.3 Å². The Hall–Kier alpha value is -2.14. The van der Waals surface area contributed by atoms with Gasteiger partial charge in [0.15, 0.2) is 0 Å². The van der Waals surface area contributed by atoms with E-state index in [0.29, 0.717) is 11.8 Å². The fourth-order valence-electron chi connectivity index (χ4n) is 1.83. The van der Waals surface area contributed by atoms with Gasteiger partial charge in [-0.15, -0.1) is 0 Å². The van der Waals surface area contributed by atoms with Crippen LogP contribution in [0, 0.1) is 6.92 Å². The molecular weight excluding hydrogens is 266 g/mol. The van der Waals surface area contributed by atoms with Crippen molar-refractivity contribution in [3.63, 3.8) is 0 Å². The first-order valence-electron chi connectivity index (χ1n) is 7.06. The van der Waals surface area contributed by atoms with Crippen LogP contribution >= 0.6 is 0 Å². The average molecular weight is 287 g/mol. The summed E-state index contributed by atoms with van der Waals surface area (Å²) in [5.74, 6) is 1.92. The van der Waals surface area contributed by atoms with Crippen LogP contribution in [0.15, 0.2) is 30.5 Å². The number of nitrogens with zero attached hydrogens (tertiary/aromatic N) is 2. The lowest BCUT2D eigenvalue weighted by Crippen LogP contribution is -2.03. The molecule has 1 heterocycles. The van der Waals surface area contributed by atoms with Crippen LogP contribution in [-0.4, -0.2) is 30.2 Å². The minimum absolute atomic E-state index is 0.575. The van der Waals surface area contributed by atoms with Crippen LogP contribution in [-0.2, 0) is 11.2 Å². The van der Waals surface area contributed by atoms with Gasteiger partial charge in [-0.2, -0.15) is 4.98 Å². The number of aryl methyl sites for hydroxylation is 1. The Morgan fingerprint density at radius 1 is 1.19 bits per heavy atom. The van der Waals surface area contributed by atoms with Crippen molar-refractivity contribution in [1.29, 1.82) is 0 Å². The topological polar surface area (TPSA) is 56.3 Å². The van der Waals surface area contributed by atoms with Gasteiger partial charge in [0.25, 0.3) is 0 Å². The monoisotopic (exact) mass is 287 g/mol. The van der Waals surface area contributed by atoms with Crippen molar-refractivity contribution in [2.75, 3.05) is 25.6 Å². The summed E-state index contributed by atoms with van der Waals surface area (Å²) in [6, 6.07) is 7.96. The number of anilines is 1. The molecule has 1 aromatic heterocycles. The highest BCUT2D eigenvalue weighted by Crippen LogP contribution is 2.23. The number of hydrogen-bond donors (Lipinski definition) is 1. The SMILES string of the molecule is CCNc1ncc(C)c(Oc2ccc(CCOC)cc2)n1. The zero-order chi connectivity index (χ0) is 15.1. The number of aromatic nitrogens is 2. The van der Waals surface area contributed by atoms with Gasteiger partial charge in [0.1, 0.15) is 5.75 Å². The largest absolute Gasteiger partial charge is 0.439 e. The van der Waals surface area contributed by atoms with Crippen LogP contribution in [0.3, 0.4) is 0 Å². The second kappa shape index (κ2) is 7.59. The number of ether oxygens (including phenoxy) is 2. The summed E-state index contributed by atoms with van der Waals surface area (Å²) in [6.07, 6.45) is 2.65. The molecule has 1 aromatic carbocycles. The number of rotatable bonds is 7. The van der Waals surface area contributed by atoms with Crippen molar-refractivity contribution < 1.29 is 9.47 Å². The van der Waals surface area contributed by atoms with Crippen molar-refractivity contribution in [2.24, 2.45) is 0 Å². The van der Waals surface area contributed by atoms with Crippen molar-refractivity contribution in [3.8, 4) is 11.6 Å². The van der Waals surface area contributed by atoms with E-state index in [0.717, 1.165) is 30.9 Å². The molecule has 0 fully saturated rings. The second-order valence-electron chi connectivity index (χ2n) is 4.70. The lowest BCUT2D eigenvalue weighted by Gasteiger charge is -2.10. The van der Waals surface area contributed by atoms with Crippen molar-refractivity contribution in [3.05, 3.63) is 41.6 Å². The molecule has 0 saturated heterocycles. The summed E-state index contributed by atoms with van der Waals surface area (Å²) in [6.45, 7) is 5.43. The van der Waals surface area contributed by atoms with E-state index < -0.39 is 0 Å². The van der Waals surface area contributed by atoms with E-state index in [4.69, 9.17) is 9.47 Å². The zero-order valence-corrected chi connectivity index (χ0v) is 12.7. The molecule has 5 nitrogen and oxygen atoms in total. The molecule has 2 aromatic rings. The molecule has 21 heavy (non-hydrogen) atoms. The van der Waals surface area contributed by atoms with Crippen LogP contribution in [0.25, 0.3) is 0 Å². The molecule has 5 heteroatoms. The summed E-state index contributed by atoms with van der Waals surface area (Å²) in [5.41, 5.74) is 2.12. The van der Waals surface area contributed by atoms with Crippen LogP contribution < -0.4 is 10.1 Å². The first-order chi connectivity index (χ1) is 10.2. The van der Waals surface area contributed by atoms with Crippen LogP contribution in [0.5, 0.6) is 11.6 Å². The number of nitrogens with one attached hydrogen (secondary N) is 1. The van der Waals surface area contributed by atoms with Gasteiger partial charge < -0.3 is 14.8 Å². The van der Waals surface area contributed by atoms with E-state index in [1.165, 1.54) is 5.56 Å². The first kappa shape index (κ1) is 15.3. The molecule has 0 spiro atoms. The predicted octanol–water partition coefficient (Wildman–Crippen LogP) is 3.20. The van der Waals surface area contributed by atoms with Gasteiger partial charge in [0.2, 0.25) is 11.8 Å². The summed E-state index contributed by atoms with van der Waals surface area (Å²) < 4.78 is 10.9. The molecule has 0 aliphatic rings. The lowest BCUT2D eigenvalue weighted by atomic mass is 10.1. The standard InChI is InChI=1S/C16H21N3O2/c1-4-17-16-18-11-12(2)15(19-16)21-14-7-5-13(6-8-14)9-10-20-3/h5-8,11H,4,9-10H2,1-3H3,(H,17,18,19). The fraction of sp³-hybridized carbons (Fsp3) is 0.375. The van der Waals surface area contributed by atoms with Gasteiger partial charge in [0, 0.05) is 25.4 Å². The predicted molar refractivity (Wildman–Crippen MR) is 83.0 cm³/mol. The average Bonchev–Trinajstić information content (AvgIpc) is 2.50. The van der Waals surface area contributed by atoms with Gasteiger partial charge in [0.05, 0.1) is 6.61 Å². The van der Waals surface area contributed by atoms with E-state index in [1.54, 1.807) is 13.3 Å². The van der Waals surface area contributed by atoms with Gasteiger partial charge in [-0.25, -0.2) is 4.98 Å². The van der Waals surface area contributed by atoms with E-state index in [1.807, 2.05) is 38.1 Å². The number of methoxy groups -OCH3 is 1. The number of benzene rings is 1. The minimum Gasteiger partial charge on any atom is -0.439 e. The van der Waals surface area contributed by atoms with Gasteiger partial charge in [-0.1, -0.05) is 12.1 Å².